The first kappa shape index (κ1) is 8.93. The van der Waals surface area contributed by atoms with Gasteiger partial charge in [0.25, 0.3) is 0 Å². The lowest BCUT2D eigenvalue weighted by molar-refractivity contribution is -0.121. The molecule has 84 valence electrons. The van der Waals surface area contributed by atoms with Gasteiger partial charge in [0.15, 0.2) is 12.6 Å². The lowest BCUT2D eigenvalue weighted by Crippen LogP contribution is -2.36. The number of ether oxygens (including phenoxy) is 2. The fraction of sp³-hybridized carbons (Fsp3) is 1.00. The van der Waals surface area contributed by atoms with E-state index in [4.69, 9.17) is 9.47 Å². The zero-order valence-corrected chi connectivity index (χ0v) is 8.45. The Balaban J connectivity index is 1.74. The molecular formula is C11H16O4. The maximum Gasteiger partial charge on any atom is 0.158 e. The van der Waals surface area contributed by atoms with Crippen molar-refractivity contribution in [1.29, 1.82) is 0 Å². The van der Waals surface area contributed by atoms with Gasteiger partial charge in [0.05, 0.1) is 12.2 Å². The molecule has 0 amide bonds. The molecule has 2 N–H and O–H groups in total. The minimum atomic E-state index is -0.600. The molecule has 15 heavy (non-hydrogen) atoms. The Morgan fingerprint density at radius 3 is 1.73 bits per heavy atom. The number of aliphatic hydroxyl groups is 2. The highest BCUT2D eigenvalue weighted by molar-refractivity contribution is 5.08. The summed E-state index contributed by atoms with van der Waals surface area (Å²) in [6.45, 7) is 0. The van der Waals surface area contributed by atoms with Crippen LogP contribution in [0.4, 0.5) is 0 Å². The fourth-order valence-corrected chi connectivity index (χ4v) is 4.45. The number of aliphatic hydroxyl groups excluding tert-OH is 2. The summed E-state index contributed by atoms with van der Waals surface area (Å²) in [6.07, 6.45) is 2.03. The Hall–Kier alpha value is -0.160. The third-order valence-electron chi connectivity index (χ3n) is 4.93. The summed E-state index contributed by atoms with van der Waals surface area (Å²) in [5.74, 6) is 1.35. The average molecular weight is 212 g/mol. The van der Waals surface area contributed by atoms with Crippen LogP contribution in [0.2, 0.25) is 0 Å². The minimum Gasteiger partial charge on any atom is -0.368 e. The summed E-state index contributed by atoms with van der Waals surface area (Å²) in [5.41, 5.74) is 0. The van der Waals surface area contributed by atoms with Crippen molar-refractivity contribution < 1.29 is 19.7 Å². The van der Waals surface area contributed by atoms with Crippen molar-refractivity contribution in [2.24, 2.45) is 23.7 Å². The number of rotatable bonds is 0. The van der Waals surface area contributed by atoms with E-state index in [0.29, 0.717) is 11.8 Å². The van der Waals surface area contributed by atoms with Crippen molar-refractivity contribution in [1.82, 2.24) is 0 Å². The van der Waals surface area contributed by atoms with Crippen LogP contribution in [-0.2, 0) is 9.47 Å². The van der Waals surface area contributed by atoms with Crippen LogP contribution in [0.15, 0.2) is 0 Å². The Morgan fingerprint density at radius 2 is 1.27 bits per heavy atom. The van der Waals surface area contributed by atoms with Gasteiger partial charge in [-0.05, 0) is 31.1 Å². The van der Waals surface area contributed by atoms with Gasteiger partial charge in [-0.15, -0.1) is 0 Å². The predicted molar refractivity (Wildman–Crippen MR) is 49.6 cm³/mol. The second kappa shape index (κ2) is 2.74. The molecule has 8 atom stereocenters. The van der Waals surface area contributed by atoms with Crippen molar-refractivity contribution in [2.45, 2.75) is 44.1 Å². The molecule has 4 rings (SSSR count). The molecule has 2 saturated carbocycles. The third kappa shape index (κ3) is 0.965. The quantitative estimate of drug-likeness (QED) is 0.597. The van der Waals surface area contributed by atoms with Gasteiger partial charge in [0.1, 0.15) is 0 Å². The van der Waals surface area contributed by atoms with Gasteiger partial charge in [0, 0.05) is 11.8 Å². The summed E-state index contributed by atoms with van der Waals surface area (Å²) in [5, 5.41) is 19.6. The molecule has 0 unspecified atom stereocenters. The van der Waals surface area contributed by atoms with Gasteiger partial charge in [-0.25, -0.2) is 0 Å². The highest BCUT2D eigenvalue weighted by Gasteiger charge is 2.63. The predicted octanol–water partition coefficient (Wildman–Crippen LogP) is 0.0831. The van der Waals surface area contributed by atoms with Crippen LogP contribution < -0.4 is 0 Å². The highest BCUT2D eigenvalue weighted by atomic mass is 16.6. The zero-order valence-electron chi connectivity index (χ0n) is 8.45. The van der Waals surface area contributed by atoms with Crippen LogP contribution in [0.1, 0.15) is 19.3 Å². The topological polar surface area (TPSA) is 58.9 Å². The summed E-state index contributed by atoms with van der Waals surface area (Å²) in [4.78, 5) is 0. The van der Waals surface area contributed by atoms with Gasteiger partial charge >= 0.3 is 0 Å². The second-order valence-corrected chi connectivity index (χ2v) is 5.43. The molecule has 0 aromatic rings. The Bertz CT molecular complexity index is 266. The molecule has 4 nitrogen and oxygen atoms in total. The van der Waals surface area contributed by atoms with E-state index in [1.54, 1.807) is 0 Å². The van der Waals surface area contributed by atoms with Crippen molar-refractivity contribution in [3.05, 3.63) is 0 Å². The maximum absolute atomic E-state index is 9.82. The zero-order chi connectivity index (χ0) is 10.2. The van der Waals surface area contributed by atoms with Crippen molar-refractivity contribution in [2.75, 3.05) is 0 Å². The van der Waals surface area contributed by atoms with Crippen LogP contribution in [0.3, 0.4) is 0 Å². The Kier molecular flexibility index (Phi) is 1.63. The van der Waals surface area contributed by atoms with Gasteiger partial charge in [0.2, 0.25) is 0 Å². The summed E-state index contributed by atoms with van der Waals surface area (Å²) < 4.78 is 11.2. The molecule has 0 spiro atoms. The first-order valence-electron chi connectivity index (χ1n) is 5.93. The van der Waals surface area contributed by atoms with Crippen molar-refractivity contribution in [3.8, 4) is 0 Å². The Morgan fingerprint density at radius 1 is 0.800 bits per heavy atom. The molecule has 2 saturated heterocycles. The summed E-state index contributed by atoms with van der Waals surface area (Å²) in [6, 6.07) is 0. The van der Waals surface area contributed by atoms with E-state index in [9.17, 15) is 10.2 Å². The molecule has 4 aliphatic rings. The monoisotopic (exact) mass is 212 g/mol. The SMILES string of the molecule is O[C@@H]1O[C@H]2CC[C@H]3O[C@H](O)[C@H]4C[C@@H]1[C@@H]2[C@@H]43. The first-order valence-corrected chi connectivity index (χ1v) is 5.93. The Labute approximate surface area is 88.2 Å². The number of hydrogen-bond donors (Lipinski definition) is 2. The van der Waals surface area contributed by atoms with E-state index in [0.717, 1.165) is 19.3 Å². The number of hydrogen-bond acceptors (Lipinski definition) is 4. The standard InChI is InChI=1S/C11H16O4/c12-10-4-3-5-9-7(15-11(5)13)2-1-6(14-10)8(4)9/h4-13H,1-3H2/t4-,5+,6+,7-,8-,9-,10-,11+/m0/s1. The molecular weight excluding hydrogens is 196 g/mol. The van der Waals surface area contributed by atoms with E-state index in [1.165, 1.54) is 0 Å². The lowest BCUT2D eigenvalue weighted by Gasteiger charge is -2.32. The van der Waals surface area contributed by atoms with Gasteiger partial charge in [-0.2, -0.15) is 0 Å². The van der Waals surface area contributed by atoms with E-state index >= 15 is 0 Å². The van der Waals surface area contributed by atoms with Crippen LogP contribution in [-0.4, -0.2) is 35.0 Å². The molecule has 0 aromatic carbocycles. The van der Waals surface area contributed by atoms with Crippen molar-refractivity contribution in [3.63, 3.8) is 0 Å². The van der Waals surface area contributed by atoms with Crippen LogP contribution in [0.5, 0.6) is 0 Å². The van der Waals surface area contributed by atoms with Crippen LogP contribution in [0.25, 0.3) is 0 Å². The van der Waals surface area contributed by atoms with E-state index < -0.39 is 12.6 Å². The van der Waals surface area contributed by atoms with Gasteiger partial charge < -0.3 is 19.7 Å². The largest absolute Gasteiger partial charge is 0.368 e. The average Bonchev–Trinajstić information content (AvgIpc) is 2.81. The molecule has 0 aromatic heterocycles. The molecule has 4 heteroatoms. The summed E-state index contributed by atoms with van der Waals surface area (Å²) >= 11 is 0. The van der Waals surface area contributed by atoms with Gasteiger partial charge in [-0.3, -0.25) is 0 Å². The molecule has 0 radical (unpaired) electrons. The normalized spacial score (nSPS) is 66.0. The van der Waals surface area contributed by atoms with Crippen molar-refractivity contribution >= 4 is 0 Å². The maximum atomic E-state index is 9.82. The smallest absolute Gasteiger partial charge is 0.158 e. The lowest BCUT2D eigenvalue weighted by atomic mass is 9.74. The molecule has 2 heterocycles. The van der Waals surface area contributed by atoms with E-state index in [-0.39, 0.29) is 24.0 Å². The van der Waals surface area contributed by atoms with Gasteiger partial charge in [-0.1, -0.05) is 0 Å². The molecule has 0 bridgehead atoms. The minimum absolute atomic E-state index is 0.213. The highest BCUT2D eigenvalue weighted by Crippen LogP contribution is 2.59. The van der Waals surface area contributed by atoms with E-state index in [2.05, 4.69) is 0 Å². The van der Waals surface area contributed by atoms with Crippen LogP contribution >= 0.6 is 0 Å². The first-order chi connectivity index (χ1) is 7.25. The summed E-state index contributed by atoms with van der Waals surface area (Å²) in [7, 11) is 0. The molecule has 4 fully saturated rings. The molecule has 2 aliphatic carbocycles. The second-order valence-electron chi connectivity index (χ2n) is 5.43. The molecule has 2 aliphatic heterocycles. The fourth-order valence-electron chi connectivity index (χ4n) is 4.45. The van der Waals surface area contributed by atoms with Crippen LogP contribution in [0, 0.1) is 23.7 Å². The third-order valence-corrected chi connectivity index (χ3v) is 4.93. The van der Waals surface area contributed by atoms with E-state index in [1.807, 2.05) is 0 Å².